The van der Waals surface area contributed by atoms with Crippen molar-refractivity contribution in [3.8, 4) is 5.75 Å². The van der Waals surface area contributed by atoms with Gasteiger partial charge in [0.1, 0.15) is 5.75 Å². The molecule has 1 amide bonds. The van der Waals surface area contributed by atoms with Gasteiger partial charge in [-0.25, -0.2) is 0 Å². The molecule has 0 aromatic heterocycles. The van der Waals surface area contributed by atoms with Crippen molar-refractivity contribution in [1.29, 1.82) is 0 Å². The molecule has 0 fully saturated rings. The van der Waals surface area contributed by atoms with E-state index in [0.717, 1.165) is 11.1 Å². The number of halogens is 1. The number of ether oxygens (including phenoxy) is 1. The Kier molecular flexibility index (Phi) is 6.19. The molecule has 0 aliphatic rings. The fraction of sp³-hybridized carbons (Fsp3) is 0.500. The smallest absolute Gasteiger partial charge is 0.254 e. The first-order valence-corrected chi connectivity index (χ1v) is 7.32. The molecule has 1 aromatic carbocycles. The van der Waals surface area contributed by atoms with E-state index >= 15 is 0 Å². The highest BCUT2D eigenvalue weighted by molar-refractivity contribution is 9.09. The summed E-state index contributed by atoms with van der Waals surface area (Å²) in [5.41, 5.74) is 0.677. The molecule has 100 valence electrons. The van der Waals surface area contributed by atoms with E-state index in [1.165, 1.54) is 0 Å². The number of alkyl halides is 1. The Hall–Kier alpha value is -1.03. The Labute approximate surface area is 117 Å². The Bertz CT molecular complexity index is 393. The highest BCUT2D eigenvalue weighted by Crippen LogP contribution is 2.16. The summed E-state index contributed by atoms with van der Waals surface area (Å²) >= 11 is 3.36. The predicted octanol–water partition coefficient (Wildman–Crippen LogP) is 3.33. The molecule has 0 saturated carbocycles. The Morgan fingerprint density at radius 3 is 2.72 bits per heavy atom. The van der Waals surface area contributed by atoms with Gasteiger partial charge in [0.25, 0.3) is 5.91 Å². The third kappa shape index (κ3) is 4.33. The standard InChI is InChI=1S/C14H20BrNO2/c1-4-16(9-8-15)14(17)12-6-5-7-13(10-12)18-11(2)3/h5-7,10-11H,4,8-9H2,1-3H3. The van der Waals surface area contributed by atoms with E-state index in [9.17, 15) is 4.79 Å². The SMILES string of the molecule is CCN(CCBr)C(=O)c1cccc(OC(C)C)c1. The maximum absolute atomic E-state index is 12.3. The minimum Gasteiger partial charge on any atom is -0.491 e. The van der Waals surface area contributed by atoms with Crippen LogP contribution in [0.25, 0.3) is 0 Å². The minimum absolute atomic E-state index is 0.0474. The molecular formula is C14H20BrNO2. The Morgan fingerprint density at radius 2 is 2.17 bits per heavy atom. The third-order valence-corrected chi connectivity index (χ3v) is 2.83. The highest BCUT2D eigenvalue weighted by Gasteiger charge is 2.14. The average Bonchev–Trinajstić information content (AvgIpc) is 2.34. The molecule has 0 bridgehead atoms. The van der Waals surface area contributed by atoms with Gasteiger partial charge in [-0.05, 0) is 39.0 Å². The molecule has 0 aliphatic carbocycles. The van der Waals surface area contributed by atoms with Crippen molar-refractivity contribution in [2.75, 3.05) is 18.4 Å². The third-order valence-electron chi connectivity index (χ3n) is 2.48. The van der Waals surface area contributed by atoms with Crippen molar-refractivity contribution in [3.05, 3.63) is 29.8 Å². The first-order chi connectivity index (χ1) is 8.58. The first-order valence-electron chi connectivity index (χ1n) is 6.20. The molecule has 18 heavy (non-hydrogen) atoms. The van der Waals surface area contributed by atoms with Crippen molar-refractivity contribution >= 4 is 21.8 Å². The van der Waals surface area contributed by atoms with E-state index in [4.69, 9.17) is 4.74 Å². The maximum Gasteiger partial charge on any atom is 0.254 e. The van der Waals surface area contributed by atoms with Crippen LogP contribution in [0.3, 0.4) is 0 Å². The summed E-state index contributed by atoms with van der Waals surface area (Å²) in [5.74, 6) is 0.789. The van der Waals surface area contributed by atoms with Crippen molar-refractivity contribution in [2.24, 2.45) is 0 Å². The monoisotopic (exact) mass is 313 g/mol. The lowest BCUT2D eigenvalue weighted by Crippen LogP contribution is -2.32. The lowest BCUT2D eigenvalue weighted by molar-refractivity contribution is 0.0774. The Balaban J connectivity index is 2.84. The first kappa shape index (κ1) is 15.0. The summed E-state index contributed by atoms with van der Waals surface area (Å²) in [6.07, 6.45) is 0.111. The molecule has 0 N–H and O–H groups in total. The van der Waals surface area contributed by atoms with Crippen LogP contribution in [-0.4, -0.2) is 35.3 Å². The van der Waals surface area contributed by atoms with E-state index in [1.807, 2.05) is 43.9 Å². The molecule has 3 nitrogen and oxygen atoms in total. The van der Waals surface area contributed by atoms with Gasteiger partial charge in [0.05, 0.1) is 6.10 Å². The highest BCUT2D eigenvalue weighted by atomic mass is 79.9. The van der Waals surface area contributed by atoms with E-state index < -0.39 is 0 Å². The van der Waals surface area contributed by atoms with Gasteiger partial charge in [0.2, 0.25) is 0 Å². The van der Waals surface area contributed by atoms with Gasteiger partial charge in [0, 0.05) is 24.0 Å². The second-order valence-electron chi connectivity index (χ2n) is 4.27. The summed E-state index contributed by atoms with van der Waals surface area (Å²) in [6, 6.07) is 7.36. The summed E-state index contributed by atoms with van der Waals surface area (Å²) in [6.45, 7) is 7.34. The quantitative estimate of drug-likeness (QED) is 0.754. The molecule has 0 aliphatic heterocycles. The van der Waals surface area contributed by atoms with Crippen LogP contribution < -0.4 is 4.74 Å². The zero-order valence-electron chi connectivity index (χ0n) is 11.1. The largest absolute Gasteiger partial charge is 0.491 e. The van der Waals surface area contributed by atoms with Crippen molar-refractivity contribution in [1.82, 2.24) is 4.90 Å². The molecule has 0 heterocycles. The minimum atomic E-state index is 0.0474. The van der Waals surface area contributed by atoms with E-state index in [2.05, 4.69) is 15.9 Å². The van der Waals surface area contributed by atoms with Gasteiger partial charge in [-0.3, -0.25) is 4.79 Å². The molecule has 0 spiro atoms. The van der Waals surface area contributed by atoms with Crippen LogP contribution >= 0.6 is 15.9 Å². The van der Waals surface area contributed by atoms with E-state index in [-0.39, 0.29) is 12.0 Å². The van der Waals surface area contributed by atoms with Gasteiger partial charge in [0.15, 0.2) is 0 Å². The summed E-state index contributed by atoms with van der Waals surface area (Å²) < 4.78 is 5.60. The van der Waals surface area contributed by atoms with E-state index in [0.29, 0.717) is 18.7 Å². The van der Waals surface area contributed by atoms with Crippen molar-refractivity contribution in [2.45, 2.75) is 26.9 Å². The molecule has 0 radical (unpaired) electrons. The summed E-state index contributed by atoms with van der Waals surface area (Å²) in [5, 5.41) is 0.786. The van der Waals surface area contributed by atoms with Gasteiger partial charge < -0.3 is 9.64 Å². The maximum atomic E-state index is 12.3. The normalized spacial score (nSPS) is 10.5. The Morgan fingerprint density at radius 1 is 1.44 bits per heavy atom. The van der Waals surface area contributed by atoms with Gasteiger partial charge in [-0.2, -0.15) is 0 Å². The van der Waals surface area contributed by atoms with Crippen LogP contribution in [0.1, 0.15) is 31.1 Å². The number of carbonyl (C=O) groups is 1. The second kappa shape index (κ2) is 7.41. The summed E-state index contributed by atoms with van der Waals surface area (Å²) in [7, 11) is 0. The van der Waals surface area contributed by atoms with Crippen LogP contribution in [0.2, 0.25) is 0 Å². The van der Waals surface area contributed by atoms with E-state index in [1.54, 1.807) is 6.07 Å². The average molecular weight is 314 g/mol. The van der Waals surface area contributed by atoms with Crippen LogP contribution in [-0.2, 0) is 0 Å². The number of hydrogen-bond donors (Lipinski definition) is 0. The number of hydrogen-bond acceptors (Lipinski definition) is 2. The fourth-order valence-electron chi connectivity index (χ4n) is 1.66. The van der Waals surface area contributed by atoms with Crippen LogP contribution in [0.15, 0.2) is 24.3 Å². The second-order valence-corrected chi connectivity index (χ2v) is 5.06. The zero-order chi connectivity index (χ0) is 13.5. The lowest BCUT2D eigenvalue weighted by Gasteiger charge is -2.20. The molecule has 0 atom stereocenters. The number of benzene rings is 1. The lowest BCUT2D eigenvalue weighted by atomic mass is 10.2. The number of rotatable bonds is 6. The van der Waals surface area contributed by atoms with Gasteiger partial charge >= 0.3 is 0 Å². The molecule has 1 aromatic rings. The van der Waals surface area contributed by atoms with Crippen LogP contribution in [0, 0.1) is 0 Å². The zero-order valence-corrected chi connectivity index (χ0v) is 12.7. The molecule has 0 saturated heterocycles. The van der Waals surface area contributed by atoms with Gasteiger partial charge in [-0.15, -0.1) is 0 Å². The molecule has 1 rings (SSSR count). The molecule has 0 unspecified atom stereocenters. The van der Waals surface area contributed by atoms with Crippen molar-refractivity contribution < 1.29 is 9.53 Å². The van der Waals surface area contributed by atoms with Gasteiger partial charge in [-0.1, -0.05) is 22.0 Å². The number of amides is 1. The summed E-state index contributed by atoms with van der Waals surface area (Å²) in [4.78, 5) is 14.1. The number of nitrogens with zero attached hydrogens (tertiary/aromatic N) is 1. The number of carbonyl (C=O) groups excluding carboxylic acids is 1. The fourth-order valence-corrected chi connectivity index (χ4v) is 2.09. The molecular weight excluding hydrogens is 294 g/mol. The van der Waals surface area contributed by atoms with Crippen molar-refractivity contribution in [3.63, 3.8) is 0 Å². The molecule has 4 heteroatoms. The van der Waals surface area contributed by atoms with Crippen LogP contribution in [0.5, 0.6) is 5.75 Å². The van der Waals surface area contributed by atoms with Crippen LogP contribution in [0.4, 0.5) is 0 Å². The predicted molar refractivity (Wildman–Crippen MR) is 77.6 cm³/mol. The topological polar surface area (TPSA) is 29.5 Å².